The van der Waals surface area contributed by atoms with Gasteiger partial charge < -0.3 is 5.32 Å². The number of nitrogens with one attached hydrogen (secondary N) is 1. The molecule has 0 unspecified atom stereocenters. The van der Waals surface area contributed by atoms with Crippen LogP contribution < -0.4 is 5.32 Å². The van der Waals surface area contributed by atoms with Crippen molar-refractivity contribution in [1.82, 2.24) is 15.1 Å². The highest BCUT2D eigenvalue weighted by molar-refractivity contribution is 7.99. The van der Waals surface area contributed by atoms with Crippen LogP contribution in [0, 0.1) is 19.8 Å². The lowest BCUT2D eigenvalue weighted by Crippen LogP contribution is -2.19. The first-order chi connectivity index (χ1) is 8.56. The van der Waals surface area contributed by atoms with Gasteiger partial charge in [-0.2, -0.15) is 16.9 Å². The first-order valence-corrected chi connectivity index (χ1v) is 8.03. The van der Waals surface area contributed by atoms with E-state index < -0.39 is 0 Å². The van der Waals surface area contributed by atoms with Gasteiger partial charge in [0.1, 0.15) is 0 Å². The zero-order valence-corrected chi connectivity index (χ0v) is 13.2. The zero-order valence-electron chi connectivity index (χ0n) is 12.4. The van der Waals surface area contributed by atoms with Gasteiger partial charge in [0.25, 0.3) is 0 Å². The lowest BCUT2D eigenvalue weighted by atomic mass is 10.2. The van der Waals surface area contributed by atoms with Crippen LogP contribution in [0.1, 0.15) is 37.7 Å². The molecule has 4 heteroatoms. The van der Waals surface area contributed by atoms with Crippen molar-refractivity contribution in [1.29, 1.82) is 0 Å². The average molecular weight is 269 g/mol. The van der Waals surface area contributed by atoms with Crippen molar-refractivity contribution in [3.05, 3.63) is 17.0 Å². The Kier molecular flexibility index (Phi) is 6.79. The number of nitrogens with zero attached hydrogens (tertiary/aromatic N) is 2. The van der Waals surface area contributed by atoms with Crippen LogP contribution in [0.5, 0.6) is 0 Å². The highest BCUT2D eigenvalue weighted by Gasteiger charge is 2.10. The Hall–Kier alpha value is -0.480. The molecule has 3 nitrogen and oxygen atoms in total. The van der Waals surface area contributed by atoms with E-state index in [0.29, 0.717) is 5.92 Å². The van der Waals surface area contributed by atoms with Gasteiger partial charge in [0, 0.05) is 23.6 Å². The molecule has 1 N–H and O–H groups in total. The van der Waals surface area contributed by atoms with E-state index in [0.717, 1.165) is 25.4 Å². The van der Waals surface area contributed by atoms with Gasteiger partial charge in [-0.05, 0) is 32.1 Å². The van der Waals surface area contributed by atoms with Gasteiger partial charge in [-0.3, -0.25) is 4.68 Å². The first kappa shape index (κ1) is 15.6. The topological polar surface area (TPSA) is 29.9 Å². The maximum atomic E-state index is 4.64. The van der Waals surface area contributed by atoms with E-state index in [1.807, 2.05) is 11.8 Å². The Bertz CT molecular complexity index is 358. The van der Waals surface area contributed by atoms with Crippen molar-refractivity contribution < 1.29 is 0 Å². The predicted octanol–water partition coefficient (Wildman–Crippen LogP) is 3.00. The minimum atomic E-state index is 0.696. The van der Waals surface area contributed by atoms with E-state index in [1.54, 1.807) is 0 Å². The van der Waals surface area contributed by atoms with E-state index >= 15 is 0 Å². The molecule has 1 aromatic heterocycles. The number of aromatic nitrogens is 2. The molecule has 0 aromatic carbocycles. The molecule has 0 fully saturated rings. The summed E-state index contributed by atoms with van der Waals surface area (Å²) in [5.41, 5.74) is 3.86. The third-order valence-electron chi connectivity index (χ3n) is 3.04. The van der Waals surface area contributed by atoms with Crippen LogP contribution in [-0.4, -0.2) is 27.8 Å². The Morgan fingerprint density at radius 2 is 2.06 bits per heavy atom. The number of aryl methyl sites for hydroxylation is 2. The van der Waals surface area contributed by atoms with Gasteiger partial charge >= 0.3 is 0 Å². The fourth-order valence-electron chi connectivity index (χ4n) is 1.99. The van der Waals surface area contributed by atoms with Crippen LogP contribution in [-0.2, 0) is 13.1 Å². The van der Waals surface area contributed by atoms with Gasteiger partial charge in [0.05, 0.1) is 12.2 Å². The number of rotatable bonds is 8. The van der Waals surface area contributed by atoms with Crippen LogP contribution in [0.4, 0.5) is 0 Å². The molecule has 1 aromatic rings. The molecule has 0 bridgehead atoms. The largest absolute Gasteiger partial charge is 0.312 e. The SMILES string of the molecule is CCSCCn1nc(C)c(CNCC(C)C)c1C. The summed E-state index contributed by atoms with van der Waals surface area (Å²) in [6.45, 7) is 14.0. The molecule has 18 heavy (non-hydrogen) atoms. The van der Waals surface area contributed by atoms with Crippen LogP contribution in [0.25, 0.3) is 0 Å². The molecule has 0 aliphatic carbocycles. The monoisotopic (exact) mass is 269 g/mol. The third-order valence-corrected chi connectivity index (χ3v) is 3.92. The lowest BCUT2D eigenvalue weighted by molar-refractivity contribution is 0.550. The maximum Gasteiger partial charge on any atom is 0.0641 e. The molecule has 1 heterocycles. The second-order valence-electron chi connectivity index (χ2n) is 5.09. The molecule has 0 atom stereocenters. The highest BCUT2D eigenvalue weighted by Crippen LogP contribution is 2.13. The van der Waals surface area contributed by atoms with Gasteiger partial charge in [-0.25, -0.2) is 0 Å². The summed E-state index contributed by atoms with van der Waals surface area (Å²) < 4.78 is 2.16. The van der Waals surface area contributed by atoms with E-state index in [1.165, 1.54) is 22.7 Å². The van der Waals surface area contributed by atoms with Crippen LogP contribution in [0.3, 0.4) is 0 Å². The van der Waals surface area contributed by atoms with Gasteiger partial charge in [0.15, 0.2) is 0 Å². The molecular formula is C14H27N3S. The van der Waals surface area contributed by atoms with E-state index in [9.17, 15) is 0 Å². The van der Waals surface area contributed by atoms with Gasteiger partial charge in [-0.1, -0.05) is 20.8 Å². The van der Waals surface area contributed by atoms with E-state index in [4.69, 9.17) is 0 Å². The van der Waals surface area contributed by atoms with Crippen molar-refractivity contribution >= 4 is 11.8 Å². The smallest absolute Gasteiger partial charge is 0.0641 e. The summed E-state index contributed by atoms with van der Waals surface area (Å²) >= 11 is 1.97. The van der Waals surface area contributed by atoms with Crippen molar-refractivity contribution in [2.45, 2.75) is 47.7 Å². The quantitative estimate of drug-likeness (QED) is 0.736. The summed E-state index contributed by atoms with van der Waals surface area (Å²) in [7, 11) is 0. The average Bonchev–Trinajstić information content (AvgIpc) is 2.56. The van der Waals surface area contributed by atoms with E-state index in [-0.39, 0.29) is 0 Å². The minimum absolute atomic E-state index is 0.696. The Morgan fingerprint density at radius 1 is 1.33 bits per heavy atom. The number of hydrogen-bond acceptors (Lipinski definition) is 3. The molecule has 0 radical (unpaired) electrons. The summed E-state index contributed by atoms with van der Waals surface area (Å²) in [6.07, 6.45) is 0. The van der Waals surface area contributed by atoms with Crippen molar-refractivity contribution in [3.8, 4) is 0 Å². The molecule has 104 valence electrons. The molecule has 0 aliphatic heterocycles. The fourth-order valence-corrected chi connectivity index (χ4v) is 2.58. The Morgan fingerprint density at radius 3 is 2.67 bits per heavy atom. The van der Waals surface area contributed by atoms with Crippen LogP contribution >= 0.6 is 11.8 Å². The summed E-state index contributed by atoms with van der Waals surface area (Å²) in [5.74, 6) is 3.03. The Balaban J connectivity index is 2.57. The van der Waals surface area contributed by atoms with Crippen LogP contribution in [0.15, 0.2) is 0 Å². The van der Waals surface area contributed by atoms with E-state index in [2.05, 4.69) is 49.7 Å². The lowest BCUT2D eigenvalue weighted by Gasteiger charge is -2.08. The molecule has 1 rings (SSSR count). The van der Waals surface area contributed by atoms with Crippen molar-refractivity contribution in [2.24, 2.45) is 5.92 Å². The second-order valence-corrected chi connectivity index (χ2v) is 6.49. The summed E-state index contributed by atoms with van der Waals surface area (Å²) in [5, 5.41) is 8.15. The second kappa shape index (κ2) is 7.85. The standard InChI is InChI=1S/C14H27N3S/c1-6-18-8-7-17-13(5)14(12(4)16-17)10-15-9-11(2)3/h11,15H,6-10H2,1-5H3. The van der Waals surface area contributed by atoms with Gasteiger partial charge in [-0.15, -0.1) is 0 Å². The third kappa shape index (κ3) is 4.65. The molecule has 0 saturated heterocycles. The Labute approximate surface area is 116 Å². The minimum Gasteiger partial charge on any atom is -0.312 e. The predicted molar refractivity (Wildman–Crippen MR) is 81.2 cm³/mol. The summed E-state index contributed by atoms with van der Waals surface area (Å²) in [6, 6.07) is 0. The maximum absolute atomic E-state index is 4.64. The molecule has 0 spiro atoms. The van der Waals surface area contributed by atoms with Crippen LogP contribution in [0.2, 0.25) is 0 Å². The van der Waals surface area contributed by atoms with Crippen molar-refractivity contribution in [2.75, 3.05) is 18.1 Å². The summed E-state index contributed by atoms with van der Waals surface area (Å²) in [4.78, 5) is 0. The number of hydrogen-bond donors (Lipinski definition) is 1. The normalized spacial score (nSPS) is 11.4. The highest BCUT2D eigenvalue weighted by atomic mass is 32.2. The van der Waals surface area contributed by atoms with Crippen molar-refractivity contribution in [3.63, 3.8) is 0 Å². The fraction of sp³-hybridized carbons (Fsp3) is 0.786. The van der Waals surface area contributed by atoms with Gasteiger partial charge in [0.2, 0.25) is 0 Å². The molecule has 0 amide bonds. The molecular weight excluding hydrogens is 242 g/mol. The number of thioether (sulfide) groups is 1. The molecule has 0 saturated carbocycles. The molecule has 0 aliphatic rings. The zero-order chi connectivity index (χ0) is 13.5. The first-order valence-electron chi connectivity index (χ1n) is 6.87.